The molecule has 0 bridgehead atoms. The molecule has 1 rings (SSSR count). The number of aliphatic hydroxyl groups is 1. The van der Waals surface area contributed by atoms with Gasteiger partial charge in [-0.25, -0.2) is 9.37 Å². The number of aromatic nitrogens is 2. The quantitative estimate of drug-likeness (QED) is 0.699. The van der Waals surface area contributed by atoms with Crippen LogP contribution in [0.15, 0.2) is 6.20 Å². The van der Waals surface area contributed by atoms with Crippen molar-refractivity contribution in [3.05, 3.63) is 12.0 Å². The summed E-state index contributed by atoms with van der Waals surface area (Å²) in [5.74, 6) is -1.26. The van der Waals surface area contributed by atoms with Gasteiger partial charge < -0.3 is 15.7 Å². The Morgan fingerprint density at radius 2 is 2.12 bits per heavy atom. The number of nitrogens with zero attached hydrogens (tertiary/aromatic N) is 2. The van der Waals surface area contributed by atoms with Gasteiger partial charge in [0.05, 0.1) is 12.7 Å². The summed E-state index contributed by atoms with van der Waals surface area (Å²) < 4.78 is 49.0. The standard InChI is InChI=1S/C8H10F4N4O/c1-13-7-15-2-4(9)6(16-7)14-3-5(17)8(10,11)12/h2,5,17H,3H2,1H3,(H2,13,14,15,16). The molecule has 1 aromatic rings. The largest absolute Gasteiger partial charge is 0.416 e. The summed E-state index contributed by atoms with van der Waals surface area (Å²) in [6.45, 7) is -0.888. The number of hydrogen-bond acceptors (Lipinski definition) is 5. The molecule has 0 aromatic carbocycles. The Bertz CT molecular complexity index is 384. The van der Waals surface area contributed by atoms with Crippen LogP contribution in [0.4, 0.5) is 29.3 Å². The maximum atomic E-state index is 13.1. The van der Waals surface area contributed by atoms with E-state index in [4.69, 9.17) is 5.11 Å². The molecule has 96 valence electrons. The number of hydrogen-bond donors (Lipinski definition) is 3. The fourth-order valence-electron chi connectivity index (χ4n) is 0.921. The first-order valence-corrected chi connectivity index (χ1v) is 4.53. The zero-order valence-corrected chi connectivity index (χ0v) is 8.72. The molecule has 0 radical (unpaired) electrons. The zero-order chi connectivity index (χ0) is 13.1. The summed E-state index contributed by atoms with van der Waals surface area (Å²) in [5.41, 5.74) is 0. The van der Waals surface area contributed by atoms with E-state index in [1.807, 2.05) is 0 Å². The van der Waals surface area contributed by atoms with Gasteiger partial charge in [-0.3, -0.25) is 0 Å². The van der Waals surface area contributed by atoms with Gasteiger partial charge in [0, 0.05) is 7.05 Å². The van der Waals surface area contributed by atoms with Crippen molar-refractivity contribution in [1.29, 1.82) is 0 Å². The Morgan fingerprint density at radius 1 is 1.47 bits per heavy atom. The number of alkyl halides is 3. The van der Waals surface area contributed by atoms with E-state index < -0.39 is 30.5 Å². The second-order valence-corrected chi connectivity index (χ2v) is 3.08. The Kier molecular flexibility index (Phi) is 4.05. The van der Waals surface area contributed by atoms with Gasteiger partial charge >= 0.3 is 6.18 Å². The summed E-state index contributed by atoms with van der Waals surface area (Å²) in [7, 11) is 1.47. The molecule has 1 aromatic heterocycles. The summed E-state index contributed by atoms with van der Waals surface area (Å²) in [4.78, 5) is 7.07. The van der Waals surface area contributed by atoms with Gasteiger partial charge in [0.15, 0.2) is 17.7 Å². The molecule has 0 aliphatic carbocycles. The maximum Gasteiger partial charge on any atom is 0.416 e. The van der Waals surface area contributed by atoms with Crippen molar-refractivity contribution < 1.29 is 22.7 Å². The lowest BCUT2D eigenvalue weighted by molar-refractivity contribution is -0.198. The number of aliphatic hydroxyl groups excluding tert-OH is 1. The van der Waals surface area contributed by atoms with Gasteiger partial charge in [-0.2, -0.15) is 18.2 Å². The van der Waals surface area contributed by atoms with Gasteiger partial charge in [-0.15, -0.1) is 0 Å². The third-order valence-electron chi connectivity index (χ3n) is 1.81. The molecule has 1 heterocycles. The average molecular weight is 254 g/mol. The predicted molar refractivity (Wildman–Crippen MR) is 52.1 cm³/mol. The van der Waals surface area contributed by atoms with E-state index in [-0.39, 0.29) is 5.95 Å². The zero-order valence-electron chi connectivity index (χ0n) is 8.72. The van der Waals surface area contributed by atoms with Crippen molar-refractivity contribution in [3.8, 4) is 0 Å². The maximum absolute atomic E-state index is 13.1. The Balaban J connectivity index is 2.69. The Hall–Kier alpha value is -1.64. The second kappa shape index (κ2) is 5.13. The lowest BCUT2D eigenvalue weighted by Gasteiger charge is -2.15. The minimum Gasteiger partial charge on any atom is -0.382 e. The van der Waals surface area contributed by atoms with Crippen molar-refractivity contribution in [3.63, 3.8) is 0 Å². The molecule has 3 N–H and O–H groups in total. The summed E-state index contributed by atoms with van der Waals surface area (Å²) >= 11 is 0. The van der Waals surface area contributed by atoms with Crippen molar-refractivity contribution in [1.82, 2.24) is 9.97 Å². The normalized spacial score (nSPS) is 13.3. The highest BCUT2D eigenvalue weighted by Crippen LogP contribution is 2.20. The lowest BCUT2D eigenvalue weighted by Crippen LogP contribution is -2.35. The number of rotatable bonds is 4. The van der Waals surface area contributed by atoms with Crippen molar-refractivity contribution in [2.45, 2.75) is 12.3 Å². The first-order chi connectivity index (χ1) is 7.84. The van der Waals surface area contributed by atoms with Crippen LogP contribution in [0, 0.1) is 5.82 Å². The molecule has 5 nitrogen and oxygen atoms in total. The van der Waals surface area contributed by atoms with Gasteiger partial charge in [0.2, 0.25) is 5.95 Å². The van der Waals surface area contributed by atoms with Crippen molar-refractivity contribution in [2.24, 2.45) is 0 Å². The molecule has 0 aliphatic rings. The molecule has 1 atom stereocenters. The van der Waals surface area contributed by atoms with Crippen molar-refractivity contribution >= 4 is 11.8 Å². The highest BCUT2D eigenvalue weighted by molar-refractivity contribution is 5.40. The van der Waals surface area contributed by atoms with E-state index in [0.29, 0.717) is 0 Å². The van der Waals surface area contributed by atoms with Crippen molar-refractivity contribution in [2.75, 3.05) is 24.2 Å². The first kappa shape index (κ1) is 13.4. The van der Waals surface area contributed by atoms with Gasteiger partial charge in [0.25, 0.3) is 0 Å². The first-order valence-electron chi connectivity index (χ1n) is 4.53. The minimum atomic E-state index is -4.76. The van der Waals surface area contributed by atoms with Crippen LogP contribution in [-0.2, 0) is 0 Å². The summed E-state index contributed by atoms with van der Waals surface area (Å²) in [6, 6.07) is 0. The monoisotopic (exact) mass is 254 g/mol. The fourth-order valence-corrected chi connectivity index (χ4v) is 0.921. The molecule has 17 heavy (non-hydrogen) atoms. The number of nitrogens with one attached hydrogen (secondary N) is 2. The SMILES string of the molecule is CNc1ncc(F)c(NCC(O)C(F)(F)F)n1. The Labute approximate surface area is 93.9 Å². The molecule has 9 heteroatoms. The summed E-state index contributed by atoms with van der Waals surface area (Å²) in [6.07, 6.45) is -6.54. The lowest BCUT2D eigenvalue weighted by atomic mass is 10.3. The molecule has 0 fully saturated rings. The topological polar surface area (TPSA) is 70.1 Å². The second-order valence-electron chi connectivity index (χ2n) is 3.08. The van der Waals surface area contributed by atoms with Crippen LogP contribution in [0.3, 0.4) is 0 Å². The van der Waals surface area contributed by atoms with Gasteiger partial charge in [-0.1, -0.05) is 0 Å². The van der Waals surface area contributed by atoms with Crippen LogP contribution in [-0.4, -0.2) is 40.9 Å². The molecule has 0 aliphatic heterocycles. The van der Waals surface area contributed by atoms with Crippen LogP contribution in [0.25, 0.3) is 0 Å². The molecule has 0 saturated carbocycles. The van der Waals surface area contributed by atoms with E-state index in [9.17, 15) is 17.6 Å². The van der Waals surface area contributed by atoms with E-state index >= 15 is 0 Å². The van der Waals surface area contributed by atoms with E-state index in [1.165, 1.54) is 7.05 Å². The average Bonchev–Trinajstić information content (AvgIpc) is 2.26. The fraction of sp³-hybridized carbons (Fsp3) is 0.500. The molecule has 1 unspecified atom stereocenters. The van der Waals surface area contributed by atoms with E-state index in [1.54, 1.807) is 0 Å². The number of anilines is 2. The predicted octanol–water partition coefficient (Wildman–Crippen LogP) is 0.992. The highest BCUT2D eigenvalue weighted by Gasteiger charge is 2.38. The third-order valence-corrected chi connectivity index (χ3v) is 1.81. The van der Waals surface area contributed by atoms with Crippen LogP contribution < -0.4 is 10.6 Å². The van der Waals surface area contributed by atoms with Crippen LogP contribution >= 0.6 is 0 Å². The number of halogens is 4. The molecule has 0 amide bonds. The van der Waals surface area contributed by atoms with E-state index in [2.05, 4.69) is 20.6 Å². The molecule has 0 saturated heterocycles. The smallest absolute Gasteiger partial charge is 0.382 e. The Morgan fingerprint density at radius 3 is 2.65 bits per heavy atom. The molecular weight excluding hydrogens is 244 g/mol. The van der Waals surface area contributed by atoms with Crippen LogP contribution in [0.2, 0.25) is 0 Å². The minimum absolute atomic E-state index is 0.0513. The van der Waals surface area contributed by atoms with E-state index in [0.717, 1.165) is 6.20 Å². The third kappa shape index (κ3) is 3.70. The highest BCUT2D eigenvalue weighted by atomic mass is 19.4. The molecule has 0 spiro atoms. The molecular formula is C8H10F4N4O. The van der Waals surface area contributed by atoms with Crippen LogP contribution in [0.1, 0.15) is 0 Å². The van der Waals surface area contributed by atoms with Crippen LogP contribution in [0.5, 0.6) is 0 Å². The van der Waals surface area contributed by atoms with Gasteiger partial charge in [-0.05, 0) is 0 Å². The summed E-state index contributed by atoms with van der Waals surface area (Å²) in [5, 5.41) is 13.3. The van der Waals surface area contributed by atoms with Gasteiger partial charge in [0.1, 0.15) is 0 Å².